The maximum Gasteiger partial charge on any atom is 0.181 e. The zero-order chi connectivity index (χ0) is 15.0. The summed E-state index contributed by atoms with van der Waals surface area (Å²) in [6.07, 6.45) is 2.18. The average Bonchev–Trinajstić information content (AvgIpc) is 2.68. The van der Waals surface area contributed by atoms with Crippen molar-refractivity contribution in [1.82, 2.24) is 0 Å². The van der Waals surface area contributed by atoms with Gasteiger partial charge in [0.1, 0.15) is 0 Å². The van der Waals surface area contributed by atoms with E-state index >= 15 is 0 Å². The molecule has 1 saturated carbocycles. The lowest BCUT2D eigenvalue weighted by Gasteiger charge is -2.19. The average molecular weight is 311 g/mol. The first-order chi connectivity index (χ1) is 10.00. The van der Waals surface area contributed by atoms with Crippen LogP contribution in [0.25, 0.3) is 0 Å². The molecule has 1 heterocycles. The summed E-state index contributed by atoms with van der Waals surface area (Å²) in [6.45, 7) is 3.05. The molecule has 0 spiro atoms. The van der Waals surface area contributed by atoms with E-state index in [-0.39, 0.29) is 12.0 Å². The molecule has 1 aromatic carbocycles. The Hall–Kier alpha value is -1.27. The van der Waals surface area contributed by atoms with E-state index in [0.717, 1.165) is 12.8 Å². The highest BCUT2D eigenvalue weighted by atomic mass is 32.2. The number of fused-ring (bicyclic) bond motifs is 1. The van der Waals surface area contributed by atoms with E-state index < -0.39 is 15.1 Å². The van der Waals surface area contributed by atoms with Crippen molar-refractivity contribution in [2.24, 2.45) is 11.7 Å². The van der Waals surface area contributed by atoms with Crippen LogP contribution in [0.3, 0.4) is 0 Å². The Balaban J connectivity index is 1.94. The molecule has 21 heavy (non-hydrogen) atoms. The van der Waals surface area contributed by atoms with E-state index in [1.165, 1.54) is 0 Å². The molecule has 3 rings (SSSR count). The van der Waals surface area contributed by atoms with Gasteiger partial charge in [0.2, 0.25) is 0 Å². The van der Waals surface area contributed by atoms with Crippen LogP contribution in [0.2, 0.25) is 0 Å². The fourth-order valence-electron chi connectivity index (χ4n) is 3.09. The number of hydrogen-bond acceptors (Lipinski definition) is 5. The van der Waals surface area contributed by atoms with E-state index in [2.05, 4.69) is 0 Å². The standard InChI is InChI=1S/C15H21NO4S/c1-10-12(16)4-6-15(10)21(17,18)11-3-5-13-14(9-11)20-8-2-7-19-13/h3,5,9-10,12,15H,2,4,6-8,16H2,1H3. The summed E-state index contributed by atoms with van der Waals surface area (Å²) in [7, 11) is -3.38. The Labute approximate surface area is 125 Å². The summed E-state index contributed by atoms with van der Waals surface area (Å²) >= 11 is 0. The van der Waals surface area contributed by atoms with Crippen LogP contribution in [0.15, 0.2) is 23.1 Å². The first-order valence-corrected chi connectivity index (χ1v) is 8.94. The Morgan fingerprint density at radius 3 is 2.52 bits per heavy atom. The zero-order valence-corrected chi connectivity index (χ0v) is 12.9. The molecular weight excluding hydrogens is 290 g/mol. The number of sulfone groups is 1. The fraction of sp³-hybridized carbons (Fsp3) is 0.600. The predicted molar refractivity (Wildman–Crippen MR) is 79.4 cm³/mol. The molecule has 1 aliphatic heterocycles. The molecule has 0 saturated heterocycles. The molecule has 116 valence electrons. The van der Waals surface area contributed by atoms with Gasteiger partial charge in [0.25, 0.3) is 0 Å². The van der Waals surface area contributed by atoms with Crippen molar-refractivity contribution in [3.8, 4) is 11.5 Å². The van der Waals surface area contributed by atoms with Crippen molar-refractivity contribution >= 4 is 9.84 Å². The largest absolute Gasteiger partial charge is 0.490 e. The zero-order valence-electron chi connectivity index (χ0n) is 12.1. The Morgan fingerprint density at radius 2 is 1.86 bits per heavy atom. The molecule has 5 nitrogen and oxygen atoms in total. The van der Waals surface area contributed by atoms with Crippen LogP contribution in [0.4, 0.5) is 0 Å². The summed E-state index contributed by atoms with van der Waals surface area (Å²) in [5.74, 6) is 1.11. The van der Waals surface area contributed by atoms with Crippen LogP contribution in [0.1, 0.15) is 26.2 Å². The van der Waals surface area contributed by atoms with Gasteiger partial charge in [-0.1, -0.05) is 6.92 Å². The third-order valence-electron chi connectivity index (χ3n) is 4.49. The normalized spacial score (nSPS) is 29.1. The van der Waals surface area contributed by atoms with Gasteiger partial charge in [-0.25, -0.2) is 8.42 Å². The van der Waals surface area contributed by atoms with Crippen molar-refractivity contribution in [3.63, 3.8) is 0 Å². The summed E-state index contributed by atoms with van der Waals surface area (Å²) in [4.78, 5) is 0.303. The van der Waals surface area contributed by atoms with E-state index in [4.69, 9.17) is 15.2 Å². The third-order valence-corrected chi connectivity index (χ3v) is 6.87. The smallest absolute Gasteiger partial charge is 0.181 e. The van der Waals surface area contributed by atoms with Gasteiger partial charge in [-0.2, -0.15) is 0 Å². The number of nitrogens with two attached hydrogens (primary N) is 1. The second-order valence-corrected chi connectivity index (χ2v) is 8.01. The molecule has 1 aromatic rings. The molecule has 3 unspecified atom stereocenters. The van der Waals surface area contributed by atoms with Gasteiger partial charge in [-0.05, 0) is 30.9 Å². The Bertz CT molecular complexity index is 629. The minimum absolute atomic E-state index is 0.0222. The first-order valence-electron chi connectivity index (χ1n) is 7.39. The van der Waals surface area contributed by atoms with Crippen LogP contribution < -0.4 is 15.2 Å². The molecule has 1 aliphatic carbocycles. The van der Waals surface area contributed by atoms with Crippen LogP contribution in [-0.4, -0.2) is 32.9 Å². The maximum atomic E-state index is 12.8. The minimum Gasteiger partial charge on any atom is -0.490 e. The van der Waals surface area contributed by atoms with Crippen LogP contribution >= 0.6 is 0 Å². The summed E-state index contributed by atoms with van der Waals surface area (Å²) in [5, 5.41) is -0.405. The number of ether oxygens (including phenoxy) is 2. The monoisotopic (exact) mass is 311 g/mol. The van der Waals surface area contributed by atoms with Gasteiger partial charge in [-0.15, -0.1) is 0 Å². The highest BCUT2D eigenvalue weighted by Gasteiger charge is 2.40. The van der Waals surface area contributed by atoms with E-state index in [1.807, 2.05) is 6.92 Å². The second kappa shape index (κ2) is 5.50. The van der Waals surface area contributed by atoms with Gasteiger partial charge in [0.15, 0.2) is 21.3 Å². The highest BCUT2D eigenvalue weighted by Crippen LogP contribution is 2.37. The van der Waals surface area contributed by atoms with E-state index in [1.54, 1.807) is 18.2 Å². The fourth-order valence-corrected chi connectivity index (χ4v) is 5.18. The maximum absolute atomic E-state index is 12.8. The van der Waals surface area contributed by atoms with E-state index in [0.29, 0.717) is 36.0 Å². The Morgan fingerprint density at radius 1 is 1.14 bits per heavy atom. The van der Waals surface area contributed by atoms with Crippen molar-refractivity contribution in [1.29, 1.82) is 0 Å². The molecule has 2 N–H and O–H groups in total. The lowest BCUT2D eigenvalue weighted by molar-refractivity contribution is 0.297. The third kappa shape index (κ3) is 2.62. The molecule has 0 amide bonds. The Kier molecular flexibility index (Phi) is 3.84. The molecule has 3 atom stereocenters. The summed E-state index contributed by atoms with van der Waals surface area (Å²) < 4.78 is 36.7. The molecule has 0 aromatic heterocycles. The van der Waals surface area contributed by atoms with Crippen molar-refractivity contribution < 1.29 is 17.9 Å². The lowest BCUT2D eigenvalue weighted by atomic mass is 10.1. The molecule has 0 radical (unpaired) electrons. The molecule has 1 fully saturated rings. The van der Waals surface area contributed by atoms with Crippen LogP contribution in [-0.2, 0) is 9.84 Å². The quantitative estimate of drug-likeness (QED) is 0.900. The SMILES string of the molecule is CC1C(N)CCC1S(=O)(=O)c1ccc2c(c1)OCCCO2. The summed E-state index contributed by atoms with van der Waals surface area (Å²) in [5.41, 5.74) is 5.97. The minimum atomic E-state index is -3.38. The molecule has 6 heteroatoms. The lowest BCUT2D eigenvalue weighted by Crippen LogP contribution is -2.32. The van der Waals surface area contributed by atoms with Gasteiger partial charge >= 0.3 is 0 Å². The molecule has 0 bridgehead atoms. The number of rotatable bonds is 2. The topological polar surface area (TPSA) is 78.6 Å². The summed E-state index contributed by atoms with van der Waals surface area (Å²) in [6, 6.07) is 4.85. The van der Waals surface area contributed by atoms with Crippen molar-refractivity contribution in [2.75, 3.05) is 13.2 Å². The van der Waals surface area contributed by atoms with Crippen molar-refractivity contribution in [2.45, 2.75) is 42.4 Å². The van der Waals surface area contributed by atoms with Gasteiger partial charge in [-0.3, -0.25) is 0 Å². The molecule has 2 aliphatic rings. The highest BCUT2D eigenvalue weighted by molar-refractivity contribution is 7.92. The second-order valence-electron chi connectivity index (χ2n) is 5.84. The van der Waals surface area contributed by atoms with Gasteiger partial charge in [0.05, 0.1) is 23.4 Å². The van der Waals surface area contributed by atoms with Gasteiger partial charge in [0, 0.05) is 18.5 Å². The van der Waals surface area contributed by atoms with Crippen LogP contribution in [0.5, 0.6) is 11.5 Å². The molecular formula is C15H21NO4S. The van der Waals surface area contributed by atoms with Crippen LogP contribution in [0, 0.1) is 5.92 Å². The first kappa shape index (κ1) is 14.7. The number of benzene rings is 1. The van der Waals surface area contributed by atoms with Crippen molar-refractivity contribution in [3.05, 3.63) is 18.2 Å². The number of hydrogen-bond donors (Lipinski definition) is 1. The van der Waals surface area contributed by atoms with E-state index in [9.17, 15) is 8.42 Å². The predicted octanol–water partition coefficient (Wildman–Crippen LogP) is 1.75. The van der Waals surface area contributed by atoms with Gasteiger partial charge < -0.3 is 15.2 Å².